The van der Waals surface area contributed by atoms with E-state index in [2.05, 4.69) is 15.8 Å². The van der Waals surface area contributed by atoms with E-state index in [1.807, 2.05) is 27.7 Å². The van der Waals surface area contributed by atoms with Crippen LogP contribution < -0.4 is 16.1 Å². The van der Waals surface area contributed by atoms with Crippen LogP contribution in [0.2, 0.25) is 0 Å². The second-order valence-corrected chi connectivity index (χ2v) is 8.99. The molecule has 0 aliphatic carbocycles. The number of benzene rings is 1. The van der Waals surface area contributed by atoms with Gasteiger partial charge in [-0.25, -0.2) is 4.79 Å². The van der Waals surface area contributed by atoms with Gasteiger partial charge in [0.25, 0.3) is 0 Å². The van der Waals surface area contributed by atoms with Gasteiger partial charge in [0, 0.05) is 11.8 Å². The highest BCUT2D eigenvalue weighted by Gasteiger charge is 2.52. The normalized spacial score (nSPS) is 18.2. The van der Waals surface area contributed by atoms with E-state index in [1.54, 1.807) is 24.3 Å². The van der Waals surface area contributed by atoms with Crippen molar-refractivity contribution in [2.75, 3.05) is 10.6 Å². The third kappa shape index (κ3) is 4.57. The van der Waals surface area contributed by atoms with Crippen LogP contribution in [-0.4, -0.2) is 35.7 Å². The molecule has 0 spiro atoms. The second-order valence-electron chi connectivity index (χ2n) is 8.99. The fraction of sp³-hybridized carbons (Fsp3) is 0.500. The third-order valence-corrected chi connectivity index (χ3v) is 5.77. The Bertz CT molecular complexity index is 939. The van der Waals surface area contributed by atoms with Crippen LogP contribution in [0.3, 0.4) is 0 Å². The number of alkyl halides is 3. The van der Waals surface area contributed by atoms with Crippen LogP contribution in [-0.2, 0) is 14.7 Å². The number of carbonyl (C=O) groups is 1. The summed E-state index contributed by atoms with van der Waals surface area (Å²) in [5.41, 5.74) is -1.91. The van der Waals surface area contributed by atoms with Crippen molar-refractivity contribution in [1.82, 2.24) is 5.16 Å². The zero-order chi connectivity index (χ0) is 23.2. The number of halogens is 3. The second kappa shape index (κ2) is 7.56. The molecule has 1 aromatic heterocycles. The smallest absolute Gasteiger partial charge is 0.399 e. The quantitative estimate of drug-likeness (QED) is 0.688. The summed E-state index contributed by atoms with van der Waals surface area (Å²) in [7, 11) is -0.529. The number of nitrogens with zero attached hydrogens (tertiary/aromatic N) is 1. The highest BCUT2D eigenvalue weighted by Crippen LogP contribution is 2.41. The Labute approximate surface area is 178 Å². The van der Waals surface area contributed by atoms with Gasteiger partial charge in [-0.1, -0.05) is 17.3 Å². The minimum absolute atomic E-state index is 0.126. The summed E-state index contributed by atoms with van der Waals surface area (Å²) in [5.74, 6) is -0.527. The summed E-state index contributed by atoms with van der Waals surface area (Å²) in [6.45, 7) is 9.77. The van der Waals surface area contributed by atoms with Crippen molar-refractivity contribution < 1.29 is 31.8 Å². The molecule has 0 radical (unpaired) electrons. The van der Waals surface area contributed by atoms with Crippen molar-refractivity contribution in [3.05, 3.63) is 36.1 Å². The van der Waals surface area contributed by atoms with Gasteiger partial charge in [-0.2, -0.15) is 13.2 Å². The van der Waals surface area contributed by atoms with E-state index < -0.39 is 41.7 Å². The first-order valence-electron chi connectivity index (χ1n) is 9.70. The Morgan fingerprint density at radius 2 is 1.55 bits per heavy atom. The summed E-state index contributed by atoms with van der Waals surface area (Å²) >= 11 is 0. The molecular formula is C20H25BF3N3O4. The number of rotatable bonds is 4. The predicted molar refractivity (Wildman–Crippen MR) is 110 cm³/mol. The van der Waals surface area contributed by atoms with Crippen molar-refractivity contribution in [2.24, 2.45) is 0 Å². The van der Waals surface area contributed by atoms with E-state index >= 15 is 0 Å². The fourth-order valence-corrected chi connectivity index (χ4v) is 2.75. The Morgan fingerprint density at radius 1 is 1.00 bits per heavy atom. The lowest BCUT2D eigenvalue weighted by Crippen LogP contribution is -2.41. The van der Waals surface area contributed by atoms with Gasteiger partial charge in [0.15, 0.2) is 11.6 Å². The van der Waals surface area contributed by atoms with Gasteiger partial charge >= 0.3 is 19.3 Å². The lowest BCUT2D eigenvalue weighted by molar-refractivity contribution is -0.185. The average molecular weight is 439 g/mol. The zero-order valence-electron chi connectivity index (χ0n) is 18.2. The first-order valence-corrected chi connectivity index (χ1v) is 9.70. The lowest BCUT2D eigenvalue weighted by atomic mass is 9.79. The SMILES string of the molecule is CC1(C)OB(c2ccc(NC(=O)Nc3cc(C(C)(C)C(F)(F)F)on3)cc2)OC1(C)C. The van der Waals surface area contributed by atoms with E-state index in [0.29, 0.717) is 5.69 Å². The van der Waals surface area contributed by atoms with E-state index in [9.17, 15) is 18.0 Å². The monoisotopic (exact) mass is 439 g/mol. The number of hydrogen-bond acceptors (Lipinski definition) is 5. The number of hydrogen-bond donors (Lipinski definition) is 2. The molecular weight excluding hydrogens is 414 g/mol. The van der Waals surface area contributed by atoms with Crippen molar-refractivity contribution >= 4 is 30.1 Å². The molecule has 3 rings (SSSR count). The molecule has 31 heavy (non-hydrogen) atoms. The van der Waals surface area contributed by atoms with Crippen LogP contribution in [0.4, 0.5) is 29.5 Å². The first kappa shape index (κ1) is 23.1. The predicted octanol–water partition coefficient (Wildman–Crippen LogP) is 4.46. The van der Waals surface area contributed by atoms with Crippen molar-refractivity contribution in [3.63, 3.8) is 0 Å². The van der Waals surface area contributed by atoms with Gasteiger partial charge in [-0.05, 0) is 59.1 Å². The topological polar surface area (TPSA) is 85.6 Å². The van der Waals surface area contributed by atoms with Crippen LogP contribution in [0.15, 0.2) is 34.9 Å². The standard InChI is InChI=1S/C20H25BF3N3O4/c1-17(2,20(22,23)24)14-11-15(27-29-14)26-16(28)25-13-9-7-12(8-10-13)21-30-18(3,4)19(5,6)31-21/h7-11H,1-6H3,(H2,25,26,27,28). The molecule has 1 aromatic carbocycles. The molecule has 1 aliphatic rings. The minimum atomic E-state index is -4.52. The molecule has 2 heterocycles. The average Bonchev–Trinajstić information content (AvgIpc) is 3.17. The summed E-state index contributed by atoms with van der Waals surface area (Å²) in [5, 5.41) is 8.43. The Morgan fingerprint density at radius 3 is 2.06 bits per heavy atom. The highest BCUT2D eigenvalue weighted by atomic mass is 19.4. The molecule has 0 atom stereocenters. The lowest BCUT2D eigenvalue weighted by Gasteiger charge is -2.32. The molecule has 1 aliphatic heterocycles. The first-order chi connectivity index (χ1) is 14.1. The fourth-order valence-electron chi connectivity index (χ4n) is 2.75. The van der Waals surface area contributed by atoms with Gasteiger partial charge in [0.1, 0.15) is 5.41 Å². The number of nitrogens with one attached hydrogen (secondary N) is 2. The largest absolute Gasteiger partial charge is 0.494 e. The van der Waals surface area contributed by atoms with Gasteiger partial charge in [0.2, 0.25) is 0 Å². The Kier molecular flexibility index (Phi) is 5.64. The van der Waals surface area contributed by atoms with Gasteiger partial charge in [0.05, 0.1) is 11.2 Å². The van der Waals surface area contributed by atoms with Crippen molar-refractivity contribution in [1.29, 1.82) is 0 Å². The summed E-state index contributed by atoms with van der Waals surface area (Å²) in [6, 6.07) is 7.24. The zero-order valence-corrected chi connectivity index (χ0v) is 18.2. The molecule has 0 saturated carbocycles. The molecule has 7 nitrogen and oxygen atoms in total. The van der Waals surface area contributed by atoms with Crippen molar-refractivity contribution in [3.8, 4) is 0 Å². The Balaban J connectivity index is 1.61. The van der Waals surface area contributed by atoms with Crippen LogP contribution in [0, 0.1) is 0 Å². The van der Waals surface area contributed by atoms with E-state index in [-0.39, 0.29) is 5.82 Å². The van der Waals surface area contributed by atoms with Gasteiger partial charge < -0.3 is 19.1 Å². The molecule has 2 N–H and O–H groups in total. The number of aromatic nitrogens is 1. The molecule has 2 amide bonds. The minimum Gasteiger partial charge on any atom is -0.399 e. The van der Waals surface area contributed by atoms with E-state index in [1.165, 1.54) is 0 Å². The maximum Gasteiger partial charge on any atom is 0.494 e. The third-order valence-electron chi connectivity index (χ3n) is 5.77. The van der Waals surface area contributed by atoms with Crippen LogP contribution in [0.25, 0.3) is 0 Å². The maximum absolute atomic E-state index is 13.1. The number of urea groups is 1. The van der Waals surface area contributed by atoms with Crippen molar-refractivity contribution in [2.45, 2.75) is 64.3 Å². The molecule has 11 heteroatoms. The number of amides is 2. The molecule has 1 fully saturated rings. The molecule has 0 unspecified atom stereocenters. The summed E-state index contributed by atoms with van der Waals surface area (Å²) < 4.78 is 56.0. The van der Waals surface area contributed by atoms with Gasteiger partial charge in [-0.3, -0.25) is 5.32 Å². The Hall–Kier alpha value is -2.53. The van der Waals surface area contributed by atoms with Crippen LogP contribution in [0.5, 0.6) is 0 Å². The molecule has 168 valence electrons. The summed E-state index contributed by atoms with van der Waals surface area (Å²) in [6.07, 6.45) is -4.52. The summed E-state index contributed by atoms with van der Waals surface area (Å²) in [4.78, 5) is 12.2. The number of anilines is 2. The van der Waals surface area contributed by atoms with Crippen LogP contribution in [0.1, 0.15) is 47.3 Å². The highest BCUT2D eigenvalue weighted by molar-refractivity contribution is 6.62. The molecule has 0 bridgehead atoms. The van der Waals surface area contributed by atoms with Gasteiger partial charge in [-0.15, -0.1) is 0 Å². The van der Waals surface area contributed by atoms with Crippen LogP contribution >= 0.6 is 0 Å². The molecule has 1 saturated heterocycles. The maximum atomic E-state index is 13.1. The van der Waals surface area contributed by atoms with E-state index in [4.69, 9.17) is 13.8 Å². The van der Waals surface area contributed by atoms with E-state index in [0.717, 1.165) is 25.4 Å². The molecule has 2 aromatic rings. The number of carbonyl (C=O) groups excluding carboxylic acids is 1.